The highest BCUT2D eigenvalue weighted by molar-refractivity contribution is 5.94. The average Bonchev–Trinajstić information content (AvgIpc) is 2.45. The molecule has 0 radical (unpaired) electrons. The molecule has 108 valence electrons. The third kappa shape index (κ3) is 3.83. The molecule has 1 N–H and O–H groups in total. The van der Waals surface area contributed by atoms with Crippen LogP contribution in [0, 0.1) is 0 Å². The summed E-state index contributed by atoms with van der Waals surface area (Å²) in [7, 11) is 0. The van der Waals surface area contributed by atoms with E-state index in [4.69, 9.17) is 0 Å². The highest BCUT2D eigenvalue weighted by Gasteiger charge is 2.31. The van der Waals surface area contributed by atoms with Gasteiger partial charge in [-0.15, -0.1) is 0 Å². The molecule has 2 rings (SSSR count). The summed E-state index contributed by atoms with van der Waals surface area (Å²) in [5.41, 5.74) is 1.27. The third-order valence-electron chi connectivity index (χ3n) is 3.59. The van der Waals surface area contributed by atoms with Crippen molar-refractivity contribution in [1.82, 2.24) is 10.2 Å². The van der Waals surface area contributed by atoms with Crippen molar-refractivity contribution in [2.45, 2.75) is 38.6 Å². The summed E-state index contributed by atoms with van der Waals surface area (Å²) in [6.45, 7) is 2.88. The quantitative estimate of drug-likeness (QED) is 0.859. The maximum Gasteiger partial charge on any atom is 0.245 e. The number of benzene rings is 1. The van der Waals surface area contributed by atoms with Crippen LogP contribution in [0.1, 0.15) is 31.7 Å². The normalized spacial score (nSPS) is 19.1. The molecular weight excluding hydrogens is 252 g/mol. The molecule has 1 aromatic rings. The molecule has 1 aromatic carbocycles. The van der Waals surface area contributed by atoms with Gasteiger partial charge in [-0.05, 0) is 24.8 Å². The van der Waals surface area contributed by atoms with Crippen LogP contribution in [0.15, 0.2) is 30.3 Å². The first-order chi connectivity index (χ1) is 9.70. The van der Waals surface area contributed by atoms with Gasteiger partial charge in [0.2, 0.25) is 11.8 Å². The first-order valence-electron chi connectivity index (χ1n) is 7.32. The smallest absolute Gasteiger partial charge is 0.245 e. The van der Waals surface area contributed by atoms with E-state index < -0.39 is 0 Å². The Kier molecular flexibility index (Phi) is 5.16. The van der Waals surface area contributed by atoms with E-state index in [9.17, 15) is 9.59 Å². The molecule has 4 heteroatoms. The van der Waals surface area contributed by atoms with Crippen molar-refractivity contribution in [3.63, 3.8) is 0 Å². The lowest BCUT2D eigenvalue weighted by atomic mass is 10.1. The van der Waals surface area contributed by atoms with Gasteiger partial charge in [-0.25, -0.2) is 0 Å². The summed E-state index contributed by atoms with van der Waals surface area (Å²) in [5, 5.41) is 2.77. The van der Waals surface area contributed by atoms with Crippen LogP contribution in [0.2, 0.25) is 0 Å². The molecule has 0 bridgehead atoms. The van der Waals surface area contributed by atoms with Crippen LogP contribution in [-0.2, 0) is 16.0 Å². The molecular formula is C16H22N2O2. The van der Waals surface area contributed by atoms with Crippen molar-refractivity contribution < 1.29 is 9.59 Å². The summed E-state index contributed by atoms with van der Waals surface area (Å²) in [6, 6.07) is 9.89. The molecule has 1 saturated heterocycles. The first kappa shape index (κ1) is 14.6. The number of carbonyl (C=O) groups is 2. The second kappa shape index (κ2) is 7.08. The van der Waals surface area contributed by atoms with Crippen molar-refractivity contribution in [3.8, 4) is 0 Å². The van der Waals surface area contributed by atoms with Gasteiger partial charge < -0.3 is 10.2 Å². The lowest BCUT2D eigenvalue weighted by Crippen LogP contribution is -2.58. The molecule has 1 unspecified atom stereocenters. The van der Waals surface area contributed by atoms with E-state index in [2.05, 4.69) is 17.4 Å². The van der Waals surface area contributed by atoms with Gasteiger partial charge in [0.1, 0.15) is 6.04 Å². The molecule has 1 heterocycles. The largest absolute Gasteiger partial charge is 0.343 e. The lowest BCUT2D eigenvalue weighted by Gasteiger charge is -2.32. The topological polar surface area (TPSA) is 49.4 Å². The third-order valence-corrected chi connectivity index (χ3v) is 3.59. The Morgan fingerprint density at radius 2 is 2.00 bits per heavy atom. The molecule has 0 spiro atoms. The van der Waals surface area contributed by atoms with Crippen molar-refractivity contribution in [3.05, 3.63) is 35.9 Å². The zero-order chi connectivity index (χ0) is 14.4. The standard InChI is InChI=1S/C16H22N2O2/c1-2-7-14-16(20)18(12-15(19)17-14)11-6-10-13-8-4-3-5-9-13/h3-5,8-9,14H,2,6-7,10-12H2,1H3,(H,17,19). The SMILES string of the molecule is CCCC1NC(=O)CN(CCCc2ccccc2)C1=O. The van der Waals surface area contributed by atoms with E-state index in [1.807, 2.05) is 25.1 Å². The number of rotatable bonds is 6. The molecule has 4 nitrogen and oxygen atoms in total. The maximum atomic E-state index is 12.2. The van der Waals surface area contributed by atoms with Gasteiger partial charge in [0.15, 0.2) is 0 Å². The van der Waals surface area contributed by atoms with Crippen LogP contribution in [0.4, 0.5) is 0 Å². The van der Waals surface area contributed by atoms with E-state index in [0.717, 1.165) is 25.7 Å². The molecule has 20 heavy (non-hydrogen) atoms. The number of aryl methyl sites for hydroxylation is 1. The minimum absolute atomic E-state index is 0.0391. The number of nitrogens with zero attached hydrogens (tertiary/aromatic N) is 1. The predicted molar refractivity (Wildman–Crippen MR) is 78.2 cm³/mol. The fraction of sp³-hybridized carbons (Fsp3) is 0.500. The summed E-state index contributed by atoms with van der Waals surface area (Å²) >= 11 is 0. The Hall–Kier alpha value is -1.84. The molecule has 1 atom stereocenters. The van der Waals surface area contributed by atoms with E-state index in [0.29, 0.717) is 6.54 Å². The fourth-order valence-corrected chi connectivity index (χ4v) is 2.57. The van der Waals surface area contributed by atoms with Crippen LogP contribution in [-0.4, -0.2) is 35.8 Å². The summed E-state index contributed by atoms with van der Waals surface area (Å²) in [5.74, 6) is 0.0299. The lowest BCUT2D eigenvalue weighted by molar-refractivity contribution is -0.144. The zero-order valence-corrected chi connectivity index (χ0v) is 12.0. The van der Waals surface area contributed by atoms with Crippen LogP contribution in [0.5, 0.6) is 0 Å². The number of hydrogen-bond acceptors (Lipinski definition) is 2. The molecule has 0 aliphatic carbocycles. The Balaban J connectivity index is 1.84. The monoisotopic (exact) mass is 274 g/mol. The van der Waals surface area contributed by atoms with Gasteiger partial charge in [-0.1, -0.05) is 43.7 Å². The van der Waals surface area contributed by atoms with Crippen LogP contribution in [0.25, 0.3) is 0 Å². The summed E-state index contributed by atoms with van der Waals surface area (Å²) < 4.78 is 0. The summed E-state index contributed by atoms with van der Waals surface area (Å²) in [4.78, 5) is 25.5. The minimum atomic E-state index is -0.321. The summed E-state index contributed by atoms with van der Waals surface area (Å²) in [6.07, 6.45) is 3.45. The van der Waals surface area contributed by atoms with Gasteiger partial charge in [0, 0.05) is 6.54 Å². The highest BCUT2D eigenvalue weighted by Crippen LogP contribution is 2.10. The number of piperazine rings is 1. The van der Waals surface area contributed by atoms with Crippen molar-refractivity contribution >= 4 is 11.8 Å². The molecule has 1 aliphatic rings. The van der Waals surface area contributed by atoms with E-state index in [1.165, 1.54) is 5.56 Å². The van der Waals surface area contributed by atoms with Gasteiger partial charge in [0.05, 0.1) is 6.54 Å². The minimum Gasteiger partial charge on any atom is -0.343 e. The van der Waals surface area contributed by atoms with Crippen LogP contribution >= 0.6 is 0 Å². The van der Waals surface area contributed by atoms with E-state index >= 15 is 0 Å². The second-order valence-corrected chi connectivity index (χ2v) is 5.26. The predicted octanol–water partition coefficient (Wildman–Crippen LogP) is 1.75. The van der Waals surface area contributed by atoms with Crippen LogP contribution < -0.4 is 5.32 Å². The first-order valence-corrected chi connectivity index (χ1v) is 7.32. The fourth-order valence-electron chi connectivity index (χ4n) is 2.57. The van der Waals surface area contributed by atoms with E-state index in [1.54, 1.807) is 4.90 Å². The molecule has 1 fully saturated rings. The second-order valence-electron chi connectivity index (χ2n) is 5.26. The van der Waals surface area contributed by atoms with Gasteiger partial charge in [-0.3, -0.25) is 9.59 Å². The Morgan fingerprint density at radius 1 is 1.25 bits per heavy atom. The number of amides is 2. The number of carbonyl (C=O) groups excluding carboxylic acids is 2. The van der Waals surface area contributed by atoms with Gasteiger partial charge in [-0.2, -0.15) is 0 Å². The molecule has 1 aliphatic heterocycles. The number of nitrogens with one attached hydrogen (secondary N) is 1. The molecule has 0 saturated carbocycles. The molecule has 2 amide bonds. The van der Waals surface area contributed by atoms with Gasteiger partial charge in [0.25, 0.3) is 0 Å². The van der Waals surface area contributed by atoms with Crippen molar-refractivity contribution in [2.24, 2.45) is 0 Å². The van der Waals surface area contributed by atoms with Gasteiger partial charge >= 0.3 is 0 Å². The Labute approximate surface area is 120 Å². The zero-order valence-electron chi connectivity index (χ0n) is 12.0. The highest BCUT2D eigenvalue weighted by atomic mass is 16.2. The van der Waals surface area contributed by atoms with Crippen LogP contribution in [0.3, 0.4) is 0 Å². The number of hydrogen-bond donors (Lipinski definition) is 1. The van der Waals surface area contributed by atoms with E-state index in [-0.39, 0.29) is 24.4 Å². The Bertz CT molecular complexity index is 459. The Morgan fingerprint density at radius 3 is 2.70 bits per heavy atom. The average molecular weight is 274 g/mol. The molecule has 0 aromatic heterocycles. The van der Waals surface area contributed by atoms with Crippen molar-refractivity contribution in [1.29, 1.82) is 0 Å². The van der Waals surface area contributed by atoms with Crippen molar-refractivity contribution in [2.75, 3.05) is 13.1 Å². The maximum absolute atomic E-state index is 12.2.